The first-order valence-electron chi connectivity index (χ1n) is 8.62. The fourth-order valence-corrected chi connectivity index (χ4v) is 4.10. The summed E-state index contributed by atoms with van der Waals surface area (Å²) in [6.45, 7) is 0. The van der Waals surface area contributed by atoms with Crippen LogP contribution in [0.3, 0.4) is 0 Å². The van der Waals surface area contributed by atoms with Crippen molar-refractivity contribution in [3.8, 4) is 5.69 Å². The Kier molecular flexibility index (Phi) is 7.13. The number of thiophene rings is 1. The Bertz CT molecular complexity index is 1060. The lowest BCUT2D eigenvalue weighted by Gasteiger charge is -2.17. The van der Waals surface area contributed by atoms with Gasteiger partial charge in [0.1, 0.15) is 6.04 Å². The van der Waals surface area contributed by atoms with Gasteiger partial charge in [-0.25, -0.2) is 0 Å². The van der Waals surface area contributed by atoms with Gasteiger partial charge in [0.2, 0.25) is 5.91 Å². The third kappa shape index (κ3) is 5.50. The number of halogens is 1. The summed E-state index contributed by atoms with van der Waals surface area (Å²) in [6, 6.07) is 14.4. The fourth-order valence-electron chi connectivity index (χ4n) is 2.59. The molecule has 29 heavy (non-hydrogen) atoms. The van der Waals surface area contributed by atoms with Crippen molar-refractivity contribution in [3.63, 3.8) is 0 Å². The van der Waals surface area contributed by atoms with Crippen LogP contribution in [-0.2, 0) is 4.79 Å². The zero-order valence-electron chi connectivity index (χ0n) is 15.4. The van der Waals surface area contributed by atoms with Crippen molar-refractivity contribution in [3.05, 3.63) is 80.4 Å². The van der Waals surface area contributed by atoms with E-state index in [9.17, 15) is 14.4 Å². The van der Waals surface area contributed by atoms with E-state index < -0.39 is 6.04 Å². The van der Waals surface area contributed by atoms with E-state index in [0.29, 0.717) is 26.3 Å². The molecule has 2 heterocycles. The van der Waals surface area contributed by atoms with Crippen LogP contribution >= 0.6 is 34.7 Å². The van der Waals surface area contributed by atoms with Gasteiger partial charge in [0.05, 0.1) is 9.21 Å². The van der Waals surface area contributed by atoms with E-state index >= 15 is 0 Å². The van der Waals surface area contributed by atoms with Crippen LogP contribution in [0.2, 0.25) is 4.34 Å². The molecule has 0 radical (unpaired) electrons. The molecule has 3 aromatic rings. The molecule has 0 saturated carbocycles. The topological polar surface area (TPSA) is 80.2 Å². The van der Waals surface area contributed by atoms with E-state index in [-0.39, 0.29) is 17.4 Å². The van der Waals surface area contributed by atoms with Crippen LogP contribution in [0, 0.1) is 0 Å². The summed E-state index contributed by atoms with van der Waals surface area (Å²) in [5, 5.41) is 5.55. The van der Waals surface area contributed by atoms with E-state index in [1.165, 1.54) is 22.4 Å². The predicted octanol–water partition coefficient (Wildman–Crippen LogP) is 3.65. The molecule has 2 N–H and O–H groups in total. The van der Waals surface area contributed by atoms with E-state index in [1.807, 2.05) is 6.26 Å². The van der Waals surface area contributed by atoms with E-state index in [0.717, 1.165) is 11.3 Å². The first kappa shape index (κ1) is 21.2. The zero-order valence-corrected chi connectivity index (χ0v) is 17.8. The zero-order chi connectivity index (χ0) is 20.8. The summed E-state index contributed by atoms with van der Waals surface area (Å²) in [7, 11) is 0. The molecule has 1 unspecified atom stereocenters. The third-order valence-electron chi connectivity index (χ3n) is 3.99. The smallest absolute Gasteiger partial charge is 0.262 e. The number of anilines is 1. The second-order valence-electron chi connectivity index (χ2n) is 6.03. The van der Waals surface area contributed by atoms with Crippen molar-refractivity contribution in [2.24, 2.45) is 0 Å². The van der Waals surface area contributed by atoms with E-state index in [4.69, 9.17) is 11.6 Å². The molecule has 0 aliphatic heterocycles. The van der Waals surface area contributed by atoms with Crippen LogP contribution in [0.15, 0.2) is 65.6 Å². The standard InChI is InChI=1S/C20H18ClN3O3S2/c1-28-12-15(23-20(27)16-9-10-17(21)29-16)19(26)22-13-5-7-14(8-6-13)24-11-3-2-4-18(24)25/h2-11,15H,12H2,1H3,(H,22,26)(H,23,27). The van der Waals surface area contributed by atoms with Gasteiger partial charge in [0, 0.05) is 29.4 Å². The van der Waals surface area contributed by atoms with Gasteiger partial charge in [0.25, 0.3) is 11.5 Å². The Hall–Kier alpha value is -2.55. The number of carbonyl (C=O) groups excluding carboxylic acids is 2. The third-order valence-corrected chi connectivity index (χ3v) is 5.88. The van der Waals surface area contributed by atoms with Gasteiger partial charge in [0.15, 0.2) is 0 Å². The van der Waals surface area contributed by atoms with Crippen molar-refractivity contribution in [2.75, 3.05) is 17.3 Å². The number of aromatic nitrogens is 1. The number of carbonyl (C=O) groups is 2. The highest BCUT2D eigenvalue weighted by atomic mass is 35.5. The molecule has 150 valence electrons. The fraction of sp³-hybridized carbons (Fsp3) is 0.150. The Morgan fingerprint density at radius 2 is 1.90 bits per heavy atom. The van der Waals surface area contributed by atoms with Crippen LogP contribution < -0.4 is 16.2 Å². The maximum atomic E-state index is 12.7. The lowest BCUT2D eigenvalue weighted by atomic mass is 10.2. The number of thioether (sulfide) groups is 1. The Morgan fingerprint density at radius 3 is 2.52 bits per heavy atom. The number of rotatable bonds is 7. The summed E-state index contributed by atoms with van der Waals surface area (Å²) in [5.41, 5.74) is 1.13. The number of benzene rings is 1. The van der Waals surface area contributed by atoms with Crippen LogP contribution in [-0.4, -0.2) is 34.4 Å². The molecule has 2 aromatic heterocycles. The maximum Gasteiger partial charge on any atom is 0.262 e. The highest BCUT2D eigenvalue weighted by Crippen LogP contribution is 2.21. The molecule has 0 aliphatic carbocycles. The van der Waals surface area contributed by atoms with Gasteiger partial charge in [-0.1, -0.05) is 17.7 Å². The van der Waals surface area contributed by atoms with Gasteiger partial charge in [-0.2, -0.15) is 11.8 Å². The number of pyridine rings is 1. The van der Waals surface area contributed by atoms with Crippen LogP contribution in [0.5, 0.6) is 0 Å². The van der Waals surface area contributed by atoms with E-state index in [2.05, 4.69) is 10.6 Å². The minimum absolute atomic E-state index is 0.138. The monoisotopic (exact) mass is 447 g/mol. The number of nitrogens with one attached hydrogen (secondary N) is 2. The molecule has 0 bridgehead atoms. The molecule has 6 nitrogen and oxygen atoms in total. The molecule has 2 amide bonds. The molecule has 1 aromatic carbocycles. The number of amides is 2. The molecular formula is C20H18ClN3O3S2. The maximum absolute atomic E-state index is 12.7. The molecule has 0 aliphatic rings. The minimum atomic E-state index is -0.699. The number of nitrogens with zero attached hydrogens (tertiary/aromatic N) is 1. The average molecular weight is 448 g/mol. The number of hydrogen-bond donors (Lipinski definition) is 2. The van der Waals surface area contributed by atoms with Gasteiger partial charge in [-0.15, -0.1) is 11.3 Å². The minimum Gasteiger partial charge on any atom is -0.339 e. The quantitative estimate of drug-likeness (QED) is 0.579. The normalized spacial score (nSPS) is 11.7. The van der Waals surface area contributed by atoms with Gasteiger partial charge < -0.3 is 10.6 Å². The van der Waals surface area contributed by atoms with Crippen molar-refractivity contribution in [1.82, 2.24) is 9.88 Å². The molecule has 0 spiro atoms. The first-order valence-corrected chi connectivity index (χ1v) is 11.2. The molecule has 0 fully saturated rings. The summed E-state index contributed by atoms with van der Waals surface area (Å²) >= 11 is 8.49. The van der Waals surface area contributed by atoms with Crippen LogP contribution in [0.4, 0.5) is 5.69 Å². The molecule has 3 rings (SSSR count). The van der Waals surface area contributed by atoms with Crippen molar-refractivity contribution < 1.29 is 9.59 Å². The largest absolute Gasteiger partial charge is 0.339 e. The van der Waals surface area contributed by atoms with Crippen molar-refractivity contribution in [1.29, 1.82) is 0 Å². The lowest BCUT2D eigenvalue weighted by molar-refractivity contribution is -0.117. The predicted molar refractivity (Wildman–Crippen MR) is 120 cm³/mol. The van der Waals surface area contributed by atoms with Gasteiger partial charge in [-0.05, 0) is 48.7 Å². The molecule has 1 atom stereocenters. The highest BCUT2D eigenvalue weighted by molar-refractivity contribution is 7.98. The van der Waals surface area contributed by atoms with Gasteiger partial charge in [-0.3, -0.25) is 19.0 Å². The van der Waals surface area contributed by atoms with Crippen LogP contribution in [0.25, 0.3) is 5.69 Å². The molecular weight excluding hydrogens is 430 g/mol. The summed E-state index contributed by atoms with van der Waals surface area (Å²) in [5.74, 6) is -0.233. The number of hydrogen-bond acceptors (Lipinski definition) is 5. The Balaban J connectivity index is 1.68. The molecule has 9 heteroatoms. The summed E-state index contributed by atoms with van der Waals surface area (Å²) in [4.78, 5) is 37.4. The SMILES string of the molecule is CSCC(NC(=O)c1ccc(Cl)s1)C(=O)Nc1ccc(-n2ccccc2=O)cc1. The Morgan fingerprint density at radius 1 is 1.14 bits per heavy atom. The van der Waals surface area contributed by atoms with Crippen LogP contribution in [0.1, 0.15) is 9.67 Å². The van der Waals surface area contributed by atoms with Gasteiger partial charge >= 0.3 is 0 Å². The van der Waals surface area contributed by atoms with Crippen molar-refractivity contribution in [2.45, 2.75) is 6.04 Å². The van der Waals surface area contributed by atoms with Crippen molar-refractivity contribution >= 4 is 52.2 Å². The summed E-state index contributed by atoms with van der Waals surface area (Å²) < 4.78 is 2.02. The molecule has 0 saturated heterocycles. The first-order chi connectivity index (χ1) is 14.0. The Labute approximate surface area is 180 Å². The second kappa shape index (κ2) is 9.78. The van der Waals surface area contributed by atoms with E-state index in [1.54, 1.807) is 54.7 Å². The highest BCUT2D eigenvalue weighted by Gasteiger charge is 2.22. The lowest BCUT2D eigenvalue weighted by Crippen LogP contribution is -2.45. The second-order valence-corrected chi connectivity index (χ2v) is 8.66. The average Bonchev–Trinajstić information content (AvgIpc) is 3.15. The summed E-state index contributed by atoms with van der Waals surface area (Å²) in [6.07, 6.45) is 3.54.